The molecule has 4 aromatic rings. The Bertz CT molecular complexity index is 1370. The number of para-hydroxylation sites is 3. The van der Waals surface area contributed by atoms with Crippen molar-refractivity contribution in [2.75, 3.05) is 11.5 Å². The van der Waals surface area contributed by atoms with Gasteiger partial charge in [-0.25, -0.2) is 4.68 Å². The number of anilines is 1. The normalized spacial score (nSPS) is 12.2. The van der Waals surface area contributed by atoms with Crippen LogP contribution < -0.4 is 15.0 Å². The fourth-order valence-corrected chi connectivity index (χ4v) is 4.04. The second kappa shape index (κ2) is 11.2. The Labute approximate surface area is 216 Å². The summed E-state index contributed by atoms with van der Waals surface area (Å²) < 4.78 is 7.43. The molecule has 2 aromatic carbocycles. The molecule has 0 spiro atoms. The van der Waals surface area contributed by atoms with Crippen LogP contribution in [0.25, 0.3) is 11.0 Å². The molecule has 2 aromatic heterocycles. The highest BCUT2D eigenvalue weighted by atomic mass is 16.5. The Morgan fingerprint density at radius 2 is 1.81 bits per heavy atom. The summed E-state index contributed by atoms with van der Waals surface area (Å²) in [6, 6.07) is 17.2. The minimum atomic E-state index is -0.997. The maximum Gasteiger partial charge on any atom is 0.249 e. The van der Waals surface area contributed by atoms with E-state index in [1.807, 2.05) is 64.1 Å². The van der Waals surface area contributed by atoms with Gasteiger partial charge in [0, 0.05) is 23.5 Å². The Kier molecular flexibility index (Phi) is 7.81. The first-order chi connectivity index (χ1) is 17.8. The lowest BCUT2D eigenvalue weighted by Gasteiger charge is -2.35. The number of aromatic nitrogens is 4. The molecule has 1 N–H and O–H groups in total. The van der Waals surface area contributed by atoms with Crippen LogP contribution in [0.1, 0.15) is 45.7 Å². The molecule has 0 bridgehead atoms. The van der Waals surface area contributed by atoms with Crippen molar-refractivity contribution in [3.63, 3.8) is 0 Å². The second-order valence-electron chi connectivity index (χ2n) is 9.32. The van der Waals surface area contributed by atoms with E-state index in [1.54, 1.807) is 41.3 Å². The summed E-state index contributed by atoms with van der Waals surface area (Å²) in [6.45, 7) is 8.06. The van der Waals surface area contributed by atoms with Crippen molar-refractivity contribution in [3.05, 3.63) is 78.6 Å². The minimum Gasteiger partial charge on any atom is -0.492 e. The van der Waals surface area contributed by atoms with Gasteiger partial charge >= 0.3 is 0 Å². The quantitative estimate of drug-likeness (QED) is 0.348. The van der Waals surface area contributed by atoms with Gasteiger partial charge in [0.1, 0.15) is 23.9 Å². The van der Waals surface area contributed by atoms with Crippen LogP contribution in [0, 0.1) is 0 Å². The average molecular weight is 501 g/mol. The zero-order valence-corrected chi connectivity index (χ0v) is 21.6. The largest absolute Gasteiger partial charge is 0.492 e. The summed E-state index contributed by atoms with van der Waals surface area (Å²) in [5.41, 5.74) is 1.99. The Morgan fingerprint density at radius 3 is 2.54 bits per heavy atom. The van der Waals surface area contributed by atoms with Gasteiger partial charge in [0.15, 0.2) is 0 Å². The number of hydrogen-bond acceptors (Lipinski definition) is 6. The number of pyridine rings is 1. The molecule has 0 aliphatic rings. The molecule has 9 heteroatoms. The molecule has 9 nitrogen and oxygen atoms in total. The highest BCUT2D eigenvalue weighted by Gasteiger charge is 2.36. The molecule has 4 rings (SSSR count). The standard InChI is InChI=1S/C28H32N6O3/c1-5-28(3,4)30-27(36)26(20-12-11-17-29-18-20)34(23-15-9-10-16-24(23)37-6-2)25(35)19-33-22-14-8-7-13-21(22)31-32-33/h7-18,26H,5-6,19H2,1-4H3,(H,30,36)/t26-/m0/s1. The first-order valence-electron chi connectivity index (χ1n) is 12.4. The van der Waals surface area contributed by atoms with Gasteiger partial charge in [-0.15, -0.1) is 5.10 Å². The number of nitrogens with zero attached hydrogens (tertiary/aromatic N) is 5. The first kappa shape index (κ1) is 25.8. The number of hydrogen-bond donors (Lipinski definition) is 1. The maximum absolute atomic E-state index is 14.1. The minimum absolute atomic E-state index is 0.123. The third-order valence-electron chi connectivity index (χ3n) is 6.25. The van der Waals surface area contributed by atoms with Crippen molar-refractivity contribution in [2.45, 2.75) is 52.2 Å². The van der Waals surface area contributed by atoms with E-state index in [9.17, 15) is 9.59 Å². The fraction of sp³-hybridized carbons (Fsp3) is 0.321. The van der Waals surface area contributed by atoms with E-state index in [2.05, 4.69) is 20.6 Å². The first-order valence-corrected chi connectivity index (χ1v) is 12.4. The Morgan fingerprint density at radius 1 is 1.05 bits per heavy atom. The Hall–Kier alpha value is -4.27. The summed E-state index contributed by atoms with van der Waals surface area (Å²) in [4.78, 5) is 33.8. The van der Waals surface area contributed by atoms with E-state index >= 15 is 0 Å². The fourth-order valence-electron chi connectivity index (χ4n) is 4.04. The third-order valence-corrected chi connectivity index (χ3v) is 6.25. The van der Waals surface area contributed by atoms with Crippen molar-refractivity contribution in [1.29, 1.82) is 0 Å². The second-order valence-corrected chi connectivity index (χ2v) is 9.32. The monoisotopic (exact) mass is 500 g/mol. The van der Waals surface area contributed by atoms with Crippen molar-refractivity contribution in [2.24, 2.45) is 0 Å². The summed E-state index contributed by atoms with van der Waals surface area (Å²) in [7, 11) is 0. The molecular weight excluding hydrogens is 468 g/mol. The molecule has 2 heterocycles. The van der Waals surface area contributed by atoms with Crippen LogP contribution in [0.2, 0.25) is 0 Å². The third kappa shape index (κ3) is 5.77. The molecule has 0 unspecified atom stereocenters. The van der Waals surface area contributed by atoms with Crippen molar-refractivity contribution >= 4 is 28.5 Å². The van der Waals surface area contributed by atoms with Crippen LogP contribution in [0.4, 0.5) is 5.69 Å². The molecule has 192 valence electrons. The van der Waals surface area contributed by atoms with E-state index in [1.165, 1.54) is 4.90 Å². The number of rotatable bonds is 10. The topological polar surface area (TPSA) is 102 Å². The van der Waals surface area contributed by atoms with Gasteiger partial charge in [-0.3, -0.25) is 19.5 Å². The van der Waals surface area contributed by atoms with Crippen molar-refractivity contribution in [3.8, 4) is 5.75 Å². The zero-order chi connectivity index (χ0) is 26.4. The molecule has 0 saturated carbocycles. The lowest BCUT2D eigenvalue weighted by Crippen LogP contribution is -2.51. The molecule has 0 aliphatic carbocycles. The highest BCUT2D eigenvalue weighted by Crippen LogP contribution is 2.35. The number of nitrogens with one attached hydrogen (secondary N) is 1. The van der Waals surface area contributed by atoms with Gasteiger partial charge in [0.25, 0.3) is 0 Å². The predicted octanol–water partition coefficient (Wildman–Crippen LogP) is 4.30. The number of carbonyl (C=O) groups is 2. The molecule has 0 saturated heterocycles. The number of amides is 2. The molecule has 0 radical (unpaired) electrons. The molecule has 37 heavy (non-hydrogen) atoms. The number of benzene rings is 2. The summed E-state index contributed by atoms with van der Waals surface area (Å²) >= 11 is 0. The van der Waals surface area contributed by atoms with Gasteiger partial charge in [0.05, 0.1) is 17.8 Å². The van der Waals surface area contributed by atoms with E-state index in [0.717, 1.165) is 5.52 Å². The van der Waals surface area contributed by atoms with Crippen LogP contribution in [-0.4, -0.2) is 43.9 Å². The summed E-state index contributed by atoms with van der Waals surface area (Å²) in [6.07, 6.45) is 3.96. The van der Waals surface area contributed by atoms with Crippen LogP contribution >= 0.6 is 0 Å². The summed E-state index contributed by atoms with van der Waals surface area (Å²) in [5.74, 6) is -0.165. The van der Waals surface area contributed by atoms with Gasteiger partial charge in [0.2, 0.25) is 11.8 Å². The van der Waals surface area contributed by atoms with Crippen molar-refractivity contribution < 1.29 is 14.3 Å². The Balaban J connectivity index is 1.85. The lowest BCUT2D eigenvalue weighted by atomic mass is 9.99. The van der Waals surface area contributed by atoms with Crippen LogP contribution in [0.5, 0.6) is 5.75 Å². The number of carbonyl (C=O) groups excluding carboxylic acids is 2. The average Bonchev–Trinajstić information content (AvgIpc) is 3.30. The molecule has 2 amide bonds. The van der Waals surface area contributed by atoms with Crippen LogP contribution in [0.15, 0.2) is 73.1 Å². The van der Waals surface area contributed by atoms with Gasteiger partial charge in [-0.1, -0.05) is 42.5 Å². The van der Waals surface area contributed by atoms with E-state index in [4.69, 9.17) is 4.74 Å². The van der Waals surface area contributed by atoms with Crippen molar-refractivity contribution in [1.82, 2.24) is 25.3 Å². The van der Waals surface area contributed by atoms with Crippen LogP contribution in [-0.2, 0) is 16.1 Å². The smallest absolute Gasteiger partial charge is 0.249 e. The lowest BCUT2D eigenvalue weighted by molar-refractivity contribution is -0.128. The van der Waals surface area contributed by atoms with Gasteiger partial charge in [-0.2, -0.15) is 0 Å². The molecule has 0 fully saturated rings. The highest BCUT2D eigenvalue weighted by molar-refractivity contribution is 6.02. The molecule has 0 aliphatic heterocycles. The van der Waals surface area contributed by atoms with Gasteiger partial charge in [-0.05, 0) is 57.5 Å². The van der Waals surface area contributed by atoms with Gasteiger partial charge < -0.3 is 10.1 Å². The zero-order valence-electron chi connectivity index (χ0n) is 21.6. The molecular formula is C28H32N6O3. The SMILES string of the molecule is CCOc1ccccc1N(C(=O)Cn1nnc2ccccc21)[C@H](C(=O)NC(C)(C)CC)c1cccnc1. The van der Waals surface area contributed by atoms with E-state index in [0.29, 0.717) is 35.5 Å². The number of fused-ring (bicyclic) bond motifs is 1. The molecule has 1 atom stereocenters. The predicted molar refractivity (Wildman–Crippen MR) is 142 cm³/mol. The van der Waals surface area contributed by atoms with Crippen LogP contribution in [0.3, 0.4) is 0 Å². The number of ether oxygens (including phenoxy) is 1. The van der Waals surface area contributed by atoms with E-state index in [-0.39, 0.29) is 18.4 Å². The maximum atomic E-state index is 14.1. The summed E-state index contributed by atoms with van der Waals surface area (Å²) in [5, 5.41) is 11.5. The van der Waals surface area contributed by atoms with E-state index < -0.39 is 11.6 Å².